The molecule has 16 heavy (non-hydrogen) atoms. The lowest BCUT2D eigenvalue weighted by molar-refractivity contribution is 0.0658. The first-order valence-corrected chi connectivity index (χ1v) is 7.06. The number of hydrogen-bond acceptors (Lipinski definition) is 2. The second-order valence-electron chi connectivity index (χ2n) is 4.74. The van der Waals surface area contributed by atoms with Crippen LogP contribution in [0.4, 0.5) is 0 Å². The third kappa shape index (κ3) is 2.77. The molecule has 0 spiro atoms. The van der Waals surface area contributed by atoms with E-state index in [1.165, 1.54) is 22.1 Å². The van der Waals surface area contributed by atoms with Crippen LogP contribution in [0.25, 0.3) is 0 Å². The fourth-order valence-electron chi connectivity index (χ4n) is 2.23. The normalized spacial score (nSPS) is 18.2. The molecule has 0 amide bonds. The Morgan fingerprint density at radius 2 is 2.19 bits per heavy atom. The van der Waals surface area contributed by atoms with E-state index in [9.17, 15) is 0 Å². The Balaban J connectivity index is 2.09. The molecule has 0 radical (unpaired) electrons. The van der Waals surface area contributed by atoms with Gasteiger partial charge in [-0.3, -0.25) is 4.68 Å². The van der Waals surface area contributed by atoms with Gasteiger partial charge in [-0.05, 0) is 61.6 Å². The van der Waals surface area contributed by atoms with Crippen molar-refractivity contribution in [3.8, 4) is 0 Å². The van der Waals surface area contributed by atoms with E-state index >= 15 is 0 Å². The number of ether oxygens (including phenoxy) is 1. The monoisotopic (exact) mass is 334 g/mol. The van der Waals surface area contributed by atoms with Crippen LogP contribution in [0.2, 0.25) is 0 Å². The topological polar surface area (TPSA) is 27.1 Å². The van der Waals surface area contributed by atoms with Crippen LogP contribution in [0.3, 0.4) is 0 Å². The van der Waals surface area contributed by atoms with Gasteiger partial charge >= 0.3 is 0 Å². The number of hydrogen-bond donors (Lipinski definition) is 0. The van der Waals surface area contributed by atoms with Crippen molar-refractivity contribution in [2.75, 3.05) is 13.2 Å². The van der Waals surface area contributed by atoms with Gasteiger partial charge in [0, 0.05) is 19.3 Å². The number of aromatic nitrogens is 2. The first-order valence-electron chi connectivity index (χ1n) is 5.98. The van der Waals surface area contributed by atoms with Gasteiger partial charge < -0.3 is 4.74 Å². The van der Waals surface area contributed by atoms with Crippen molar-refractivity contribution in [3.63, 3.8) is 0 Å². The summed E-state index contributed by atoms with van der Waals surface area (Å²) in [5.74, 6) is 0.775. The maximum atomic E-state index is 5.40. The minimum atomic E-state index is 0.457. The van der Waals surface area contributed by atoms with Crippen molar-refractivity contribution < 1.29 is 4.74 Å². The molecule has 0 atom stereocenters. The Kier molecular flexibility index (Phi) is 4.24. The first kappa shape index (κ1) is 12.4. The maximum absolute atomic E-state index is 5.40. The number of nitrogens with zero attached hydrogens (tertiary/aromatic N) is 2. The van der Waals surface area contributed by atoms with Gasteiger partial charge in [0.2, 0.25) is 0 Å². The lowest BCUT2D eigenvalue weighted by atomic mass is 9.95. The summed E-state index contributed by atoms with van der Waals surface area (Å²) >= 11 is 2.40. The zero-order valence-electron chi connectivity index (χ0n) is 9.95. The first-order chi connectivity index (χ1) is 7.68. The zero-order chi connectivity index (χ0) is 11.5. The van der Waals surface area contributed by atoms with E-state index in [1.807, 2.05) is 6.20 Å². The smallest absolute Gasteiger partial charge is 0.0626 e. The summed E-state index contributed by atoms with van der Waals surface area (Å²) in [6.07, 6.45) is 5.52. The highest BCUT2D eigenvalue weighted by atomic mass is 127. The standard InChI is InChI=1S/C12H19IN2O/c1-9(2)15-12(11(13)8-14-15)7-10-3-5-16-6-4-10/h8-10H,3-7H2,1-2H3. The summed E-state index contributed by atoms with van der Waals surface area (Å²) in [5, 5.41) is 4.46. The molecular formula is C12H19IN2O. The van der Waals surface area contributed by atoms with E-state index in [0.29, 0.717) is 6.04 Å². The Labute approximate surface area is 111 Å². The quantitative estimate of drug-likeness (QED) is 0.795. The van der Waals surface area contributed by atoms with Gasteiger partial charge in [-0.1, -0.05) is 0 Å². The summed E-state index contributed by atoms with van der Waals surface area (Å²) in [4.78, 5) is 0. The Bertz CT molecular complexity index is 343. The fraction of sp³-hybridized carbons (Fsp3) is 0.750. The predicted octanol–water partition coefficient (Wildman–Crippen LogP) is 3.04. The highest BCUT2D eigenvalue weighted by Gasteiger charge is 2.19. The van der Waals surface area contributed by atoms with Crippen molar-refractivity contribution in [2.45, 2.75) is 39.2 Å². The average molecular weight is 334 g/mol. The van der Waals surface area contributed by atoms with Crippen molar-refractivity contribution in [3.05, 3.63) is 15.5 Å². The van der Waals surface area contributed by atoms with Crippen LogP contribution in [-0.2, 0) is 11.2 Å². The highest BCUT2D eigenvalue weighted by molar-refractivity contribution is 14.1. The SMILES string of the molecule is CC(C)n1ncc(I)c1CC1CCOCC1. The Morgan fingerprint density at radius 3 is 2.81 bits per heavy atom. The highest BCUT2D eigenvalue weighted by Crippen LogP contribution is 2.24. The van der Waals surface area contributed by atoms with E-state index in [-0.39, 0.29) is 0 Å². The van der Waals surface area contributed by atoms with Crippen LogP contribution in [0.1, 0.15) is 38.4 Å². The molecule has 1 aromatic rings. The van der Waals surface area contributed by atoms with Crippen LogP contribution < -0.4 is 0 Å². The Hall–Kier alpha value is -0.100. The third-order valence-electron chi connectivity index (χ3n) is 3.16. The van der Waals surface area contributed by atoms with Gasteiger partial charge in [0.15, 0.2) is 0 Å². The molecule has 2 heterocycles. The molecule has 0 N–H and O–H groups in total. The molecule has 1 aliphatic rings. The summed E-state index contributed by atoms with van der Waals surface area (Å²) in [6.45, 7) is 6.24. The second-order valence-corrected chi connectivity index (χ2v) is 5.90. The summed E-state index contributed by atoms with van der Waals surface area (Å²) in [7, 11) is 0. The van der Waals surface area contributed by atoms with Gasteiger partial charge in [0.1, 0.15) is 0 Å². The lowest BCUT2D eigenvalue weighted by Crippen LogP contribution is -2.20. The van der Waals surface area contributed by atoms with Crippen LogP contribution in [0, 0.1) is 9.49 Å². The summed E-state index contributed by atoms with van der Waals surface area (Å²) < 4.78 is 8.87. The molecular weight excluding hydrogens is 315 g/mol. The molecule has 0 aromatic carbocycles. The summed E-state index contributed by atoms with van der Waals surface area (Å²) in [6, 6.07) is 0.457. The number of rotatable bonds is 3. The summed E-state index contributed by atoms with van der Waals surface area (Å²) in [5.41, 5.74) is 1.41. The second kappa shape index (κ2) is 5.49. The Morgan fingerprint density at radius 1 is 1.50 bits per heavy atom. The van der Waals surface area contributed by atoms with Gasteiger partial charge in [-0.2, -0.15) is 5.10 Å². The van der Waals surface area contributed by atoms with E-state index in [2.05, 4.69) is 46.2 Å². The fourth-order valence-corrected chi connectivity index (χ4v) is 2.82. The minimum absolute atomic E-state index is 0.457. The zero-order valence-corrected chi connectivity index (χ0v) is 12.1. The van der Waals surface area contributed by atoms with Gasteiger partial charge in [0.05, 0.1) is 15.5 Å². The molecule has 4 heteroatoms. The molecule has 1 aromatic heterocycles. The van der Waals surface area contributed by atoms with Crippen molar-refractivity contribution in [1.29, 1.82) is 0 Å². The van der Waals surface area contributed by atoms with Crippen LogP contribution in [0.5, 0.6) is 0 Å². The molecule has 2 rings (SSSR count). The lowest BCUT2D eigenvalue weighted by Gasteiger charge is -2.23. The molecule has 1 fully saturated rings. The third-order valence-corrected chi connectivity index (χ3v) is 4.06. The molecule has 0 aliphatic carbocycles. The van der Waals surface area contributed by atoms with Crippen molar-refractivity contribution in [1.82, 2.24) is 9.78 Å². The van der Waals surface area contributed by atoms with Gasteiger partial charge in [0.25, 0.3) is 0 Å². The van der Waals surface area contributed by atoms with Crippen molar-refractivity contribution in [2.24, 2.45) is 5.92 Å². The molecule has 90 valence electrons. The molecule has 0 saturated carbocycles. The van der Waals surface area contributed by atoms with Crippen molar-refractivity contribution >= 4 is 22.6 Å². The van der Waals surface area contributed by atoms with Crippen LogP contribution >= 0.6 is 22.6 Å². The minimum Gasteiger partial charge on any atom is -0.381 e. The predicted molar refractivity (Wildman–Crippen MR) is 72.6 cm³/mol. The van der Waals surface area contributed by atoms with Crippen LogP contribution in [-0.4, -0.2) is 23.0 Å². The van der Waals surface area contributed by atoms with E-state index in [0.717, 1.165) is 25.6 Å². The largest absolute Gasteiger partial charge is 0.381 e. The van der Waals surface area contributed by atoms with Gasteiger partial charge in [-0.15, -0.1) is 0 Å². The molecule has 3 nitrogen and oxygen atoms in total. The molecule has 1 aliphatic heterocycles. The molecule has 0 bridgehead atoms. The van der Waals surface area contributed by atoms with Crippen LogP contribution in [0.15, 0.2) is 6.20 Å². The van der Waals surface area contributed by atoms with E-state index in [4.69, 9.17) is 4.74 Å². The number of halogens is 1. The molecule has 1 saturated heterocycles. The van der Waals surface area contributed by atoms with Gasteiger partial charge in [-0.25, -0.2) is 0 Å². The van der Waals surface area contributed by atoms with E-state index in [1.54, 1.807) is 0 Å². The maximum Gasteiger partial charge on any atom is 0.0626 e. The molecule has 0 unspecified atom stereocenters. The van der Waals surface area contributed by atoms with E-state index < -0.39 is 0 Å². The average Bonchev–Trinajstić information content (AvgIpc) is 2.62.